The van der Waals surface area contributed by atoms with Crippen LogP contribution in [0.2, 0.25) is 0 Å². The summed E-state index contributed by atoms with van der Waals surface area (Å²) >= 11 is 1.04. The highest BCUT2D eigenvalue weighted by molar-refractivity contribution is 8.00. The van der Waals surface area contributed by atoms with E-state index >= 15 is 19.2 Å². The molecule has 0 bridgehead atoms. The van der Waals surface area contributed by atoms with Gasteiger partial charge < -0.3 is 40.0 Å². The molecule has 1 aromatic rings. The van der Waals surface area contributed by atoms with Crippen molar-refractivity contribution in [2.45, 2.75) is 286 Å². The summed E-state index contributed by atoms with van der Waals surface area (Å²) in [5, 5.41) is 24.5. The standard InChI is InChI=1S/C75H124N4O12S/c1-26-73(24,25)68(88)89-35-31-33-74(27-2,28-3)66(86)78-61-57(64(84)90-59-47(69(12,13)14)37-45(10)38-48(59)70(15,16)17)55(43(6)7)51(76-61)41-52-56(44(8)9)58(65(85)91-60-49(71(18,19)20)39-46(11)40-50(60)72(21,22)23)62(77-52)79-67(87)75(29-4,30-5)34-32-36-92-53(63(82)83)42-54(80)81/h41,43-50,53,59-60,77H,26-40,42H2,1-25H3,(H,79,87)(H,80,81)(H,82,83)(H,76,78,86). The Morgan fingerprint density at radius 2 is 1.05 bits per heavy atom. The van der Waals surface area contributed by atoms with Crippen LogP contribution in [0.5, 0.6) is 0 Å². The lowest BCUT2D eigenvalue weighted by atomic mass is 9.59. The van der Waals surface area contributed by atoms with Gasteiger partial charge >= 0.3 is 29.8 Å². The first-order valence-electron chi connectivity index (χ1n) is 34.9. The number of aliphatic carboxylic acids is 2. The maximum Gasteiger partial charge on any atom is 0.342 e. The van der Waals surface area contributed by atoms with E-state index in [1.807, 2.05) is 82.2 Å². The fourth-order valence-corrected chi connectivity index (χ4v) is 15.8. The second-order valence-corrected chi connectivity index (χ2v) is 34.6. The fraction of sp³-hybridized carbons (Fsp3) is 0.787. The van der Waals surface area contributed by atoms with E-state index in [4.69, 9.17) is 19.2 Å². The van der Waals surface area contributed by atoms with E-state index in [0.717, 1.165) is 37.4 Å². The maximum absolute atomic E-state index is 15.9. The summed E-state index contributed by atoms with van der Waals surface area (Å²) in [6.07, 6.45) is 7.76. The van der Waals surface area contributed by atoms with Gasteiger partial charge in [0.05, 0.1) is 24.1 Å². The minimum absolute atomic E-state index is 0.00468. The largest absolute Gasteiger partial charge is 0.481 e. The van der Waals surface area contributed by atoms with Crippen molar-refractivity contribution in [3.63, 3.8) is 0 Å². The van der Waals surface area contributed by atoms with Crippen LogP contribution in [-0.2, 0) is 43.0 Å². The summed E-state index contributed by atoms with van der Waals surface area (Å²) in [5.41, 5.74) is -1.23. The molecule has 2 amide bonds. The molecule has 2 saturated carbocycles. The molecule has 0 aromatic carbocycles. The van der Waals surface area contributed by atoms with E-state index in [0.29, 0.717) is 97.9 Å². The van der Waals surface area contributed by atoms with Crippen LogP contribution in [0.4, 0.5) is 5.82 Å². The Kier molecular flexibility index (Phi) is 27.4. The molecule has 2 fully saturated rings. The molecule has 1 aromatic heterocycles. The molecular weight excluding hydrogens is 1180 g/mol. The number of carboxylic acids is 2. The van der Waals surface area contributed by atoms with E-state index in [2.05, 4.69) is 113 Å². The van der Waals surface area contributed by atoms with Crippen molar-refractivity contribution in [2.75, 3.05) is 17.7 Å². The Hall–Kier alpha value is -4.93. The topological polar surface area (TPSA) is 240 Å². The summed E-state index contributed by atoms with van der Waals surface area (Å²) in [4.78, 5) is 108. The third-order valence-corrected chi connectivity index (χ3v) is 22.7. The van der Waals surface area contributed by atoms with E-state index < -0.39 is 64.0 Å². The number of nitrogens with zero attached hydrogens (tertiary/aromatic N) is 1. The van der Waals surface area contributed by atoms with Crippen LogP contribution in [0.25, 0.3) is 6.08 Å². The number of aromatic amines is 1. The quantitative estimate of drug-likeness (QED) is 0.0298. The van der Waals surface area contributed by atoms with Crippen LogP contribution in [-0.4, -0.2) is 92.5 Å². The molecule has 0 radical (unpaired) electrons. The first-order valence-corrected chi connectivity index (χ1v) is 36.0. The van der Waals surface area contributed by atoms with Gasteiger partial charge in [0.25, 0.3) is 0 Å². The normalized spacial score (nSPS) is 22.9. The Bertz CT molecular complexity index is 2810. The van der Waals surface area contributed by atoms with Crippen molar-refractivity contribution in [1.29, 1.82) is 0 Å². The summed E-state index contributed by atoms with van der Waals surface area (Å²) in [7, 11) is 0. The van der Waals surface area contributed by atoms with E-state index in [-0.39, 0.29) is 104 Å². The first-order chi connectivity index (χ1) is 42.3. The number of hydrogen-bond donors (Lipinski definition) is 5. The lowest BCUT2D eigenvalue weighted by Crippen LogP contribution is -2.50. The zero-order valence-corrected chi connectivity index (χ0v) is 62.4. The van der Waals surface area contributed by atoms with Crippen LogP contribution in [0.15, 0.2) is 21.8 Å². The van der Waals surface area contributed by atoms with Crippen LogP contribution in [0, 0.1) is 79.3 Å². The lowest BCUT2D eigenvalue weighted by Gasteiger charge is -2.50. The molecule has 5 unspecified atom stereocenters. The van der Waals surface area contributed by atoms with E-state index in [1.54, 1.807) is 0 Å². The molecule has 3 aliphatic rings. The summed E-state index contributed by atoms with van der Waals surface area (Å²) in [5.74, 6) is -3.94. The minimum atomic E-state index is -1.21. The molecule has 0 saturated heterocycles. The molecule has 5 N–H and O–H groups in total. The van der Waals surface area contributed by atoms with Gasteiger partial charge in [-0.2, -0.15) is 0 Å². The number of amides is 2. The van der Waals surface area contributed by atoms with Crippen molar-refractivity contribution >= 4 is 71.2 Å². The van der Waals surface area contributed by atoms with E-state index in [1.165, 1.54) is 0 Å². The molecule has 16 nitrogen and oxygen atoms in total. The number of hydrogen-bond acceptors (Lipinski definition) is 12. The fourth-order valence-electron chi connectivity index (χ4n) is 14.8. The van der Waals surface area contributed by atoms with Crippen molar-refractivity contribution in [3.8, 4) is 0 Å². The van der Waals surface area contributed by atoms with Gasteiger partial charge in [-0.25, -0.2) is 14.6 Å². The molecule has 5 atom stereocenters. The second-order valence-electron chi connectivity index (χ2n) is 33.3. The molecular formula is C75H124N4O12S. The van der Waals surface area contributed by atoms with Crippen molar-refractivity contribution in [1.82, 2.24) is 10.3 Å². The highest BCUT2D eigenvalue weighted by Crippen LogP contribution is 2.53. The third-order valence-electron chi connectivity index (χ3n) is 21.4. The molecule has 4 rings (SSSR count). The predicted octanol–water partition coefficient (Wildman–Crippen LogP) is 17.7. The Balaban J connectivity index is 2.09. The van der Waals surface area contributed by atoms with Gasteiger partial charge in [0.15, 0.2) is 0 Å². The number of thioether (sulfide) groups is 1. The second kappa shape index (κ2) is 31.7. The Morgan fingerprint density at radius 1 is 0.620 bits per heavy atom. The number of nitrogens with one attached hydrogen (secondary N) is 3. The summed E-state index contributed by atoms with van der Waals surface area (Å²) < 4.78 is 19.8. The van der Waals surface area contributed by atoms with Gasteiger partial charge in [-0.15, -0.1) is 11.8 Å². The van der Waals surface area contributed by atoms with Crippen LogP contribution >= 0.6 is 11.8 Å². The zero-order valence-electron chi connectivity index (χ0n) is 61.6. The third kappa shape index (κ3) is 19.4. The van der Waals surface area contributed by atoms with Crippen molar-refractivity contribution in [3.05, 3.63) is 33.7 Å². The number of carbonyl (C=O) groups is 7. The van der Waals surface area contributed by atoms with Crippen LogP contribution in [0.3, 0.4) is 0 Å². The lowest BCUT2D eigenvalue weighted by molar-refractivity contribution is -0.164. The van der Waals surface area contributed by atoms with Gasteiger partial charge in [-0.05, 0) is 166 Å². The summed E-state index contributed by atoms with van der Waals surface area (Å²) in [6.45, 7) is 52.5. The maximum atomic E-state index is 15.9. The van der Waals surface area contributed by atoms with Crippen molar-refractivity contribution < 1.29 is 58.0 Å². The number of aliphatic imine (C=N–C) groups is 1. The molecule has 92 heavy (non-hydrogen) atoms. The van der Waals surface area contributed by atoms with Gasteiger partial charge in [-0.1, -0.05) is 159 Å². The molecule has 2 heterocycles. The molecule has 2 aliphatic carbocycles. The molecule has 522 valence electrons. The molecule has 1 aliphatic heterocycles. The van der Waals surface area contributed by atoms with Gasteiger partial charge in [0.1, 0.15) is 40.2 Å². The smallest absolute Gasteiger partial charge is 0.342 e. The van der Waals surface area contributed by atoms with Crippen molar-refractivity contribution in [2.24, 2.45) is 84.3 Å². The highest BCUT2D eigenvalue weighted by Gasteiger charge is 2.51. The molecule has 17 heteroatoms. The van der Waals surface area contributed by atoms with Crippen LogP contribution < -0.4 is 10.6 Å². The van der Waals surface area contributed by atoms with Gasteiger partial charge in [0, 0.05) is 40.2 Å². The number of anilines is 1. The number of carbonyl (C=O) groups excluding carboxylic acids is 5. The highest BCUT2D eigenvalue weighted by atomic mass is 32.2. The average molecular weight is 1310 g/mol. The van der Waals surface area contributed by atoms with Gasteiger partial charge in [-0.3, -0.25) is 24.0 Å². The summed E-state index contributed by atoms with van der Waals surface area (Å²) in [6, 6.07) is 0. The van der Waals surface area contributed by atoms with Crippen LogP contribution in [0.1, 0.15) is 291 Å². The number of esters is 3. The predicted molar refractivity (Wildman–Crippen MR) is 372 cm³/mol. The number of allylic oxidation sites excluding steroid dienone is 1. The number of amidine groups is 1. The molecule has 0 spiro atoms. The number of H-pyrrole nitrogens is 1. The van der Waals surface area contributed by atoms with E-state index in [9.17, 15) is 24.6 Å². The number of rotatable bonds is 28. The number of ether oxygens (including phenoxy) is 3. The SMILES string of the molecule is CCC(C)(C)C(=O)OCCCC(CC)(CC)C(=O)NC1=NC(=Cc2[nH]c(NC(=O)C(CC)(CC)CCCSC(CC(=O)O)C(=O)O)c(C(=O)OC3C(C(C)(C)C)CC(C)CC3C(C)(C)C)c2C(C)C)C(C(C)C)=C1C(=O)OC1C(C(C)(C)C)CC(C)CC1C(C)(C)C. The minimum Gasteiger partial charge on any atom is -0.481 e. The number of carboxylic acid groups (broad SMARTS) is 2. The first kappa shape index (κ1) is 79.5. The van der Waals surface area contributed by atoms with Gasteiger partial charge in [0.2, 0.25) is 11.8 Å². The monoisotopic (exact) mass is 1300 g/mol. The Morgan fingerprint density at radius 3 is 1.45 bits per heavy atom. The Labute approximate surface area is 558 Å². The number of aromatic nitrogens is 1. The average Bonchev–Trinajstić information content (AvgIpc) is 1.44. The zero-order chi connectivity index (χ0) is 70.2.